The zero-order chi connectivity index (χ0) is 13.1. The van der Waals surface area contributed by atoms with Gasteiger partial charge < -0.3 is 9.64 Å². The van der Waals surface area contributed by atoms with Crippen LogP contribution in [0.15, 0.2) is 18.2 Å². The molecule has 0 N–H and O–H groups in total. The Morgan fingerprint density at radius 2 is 2.11 bits per heavy atom. The number of ether oxygens (including phenoxy) is 1. The number of carbonyl (C=O) groups is 1. The van der Waals surface area contributed by atoms with E-state index in [0.717, 1.165) is 36.3 Å². The molecular formula is C15H21NO2. The summed E-state index contributed by atoms with van der Waals surface area (Å²) in [6.45, 7) is 7.49. The second-order valence-electron chi connectivity index (χ2n) is 4.55. The van der Waals surface area contributed by atoms with Crippen LogP contribution in [0, 0.1) is 6.92 Å². The fourth-order valence-corrected chi connectivity index (χ4v) is 2.64. The van der Waals surface area contributed by atoms with Crippen LogP contribution in [0.25, 0.3) is 0 Å². The molecule has 0 radical (unpaired) electrons. The molecule has 1 amide bonds. The smallest absolute Gasteiger partial charge is 0.258 e. The largest absolute Gasteiger partial charge is 0.491 e. The van der Waals surface area contributed by atoms with Crippen molar-refractivity contribution < 1.29 is 9.53 Å². The third-order valence-corrected chi connectivity index (χ3v) is 3.52. The van der Waals surface area contributed by atoms with E-state index in [-0.39, 0.29) is 11.9 Å². The number of fused-ring (bicyclic) bond motifs is 2. The molecule has 0 spiro atoms. The van der Waals surface area contributed by atoms with Crippen LogP contribution in [0.3, 0.4) is 0 Å². The standard InChI is InChI=1S/C13H15NO2.C2H6/c1-9-4-2-6-11-12(9)13(15)14-7-3-5-10(14)8-16-11;1-2/h2,4,6,10H,3,5,7-8H2,1H3;1-2H3. The quantitative estimate of drug-likeness (QED) is 0.705. The van der Waals surface area contributed by atoms with Gasteiger partial charge in [-0.3, -0.25) is 4.79 Å². The molecule has 1 unspecified atom stereocenters. The second kappa shape index (κ2) is 5.42. The molecule has 0 aliphatic carbocycles. The molecule has 0 aromatic heterocycles. The molecule has 3 rings (SSSR count). The average Bonchev–Trinajstić information content (AvgIpc) is 2.81. The zero-order valence-electron chi connectivity index (χ0n) is 11.4. The Morgan fingerprint density at radius 1 is 1.33 bits per heavy atom. The minimum Gasteiger partial charge on any atom is -0.491 e. The first kappa shape index (κ1) is 12.9. The summed E-state index contributed by atoms with van der Waals surface area (Å²) in [5.41, 5.74) is 1.77. The van der Waals surface area contributed by atoms with Crippen molar-refractivity contribution in [3.63, 3.8) is 0 Å². The van der Waals surface area contributed by atoms with Crippen molar-refractivity contribution in [3.8, 4) is 5.75 Å². The summed E-state index contributed by atoms with van der Waals surface area (Å²) >= 11 is 0. The van der Waals surface area contributed by atoms with Gasteiger partial charge in [-0.2, -0.15) is 0 Å². The molecule has 3 heteroatoms. The molecular weight excluding hydrogens is 226 g/mol. The molecule has 2 heterocycles. The Hall–Kier alpha value is -1.51. The van der Waals surface area contributed by atoms with E-state index < -0.39 is 0 Å². The van der Waals surface area contributed by atoms with Gasteiger partial charge in [0.1, 0.15) is 12.4 Å². The lowest BCUT2D eigenvalue weighted by molar-refractivity contribution is 0.0726. The molecule has 2 aliphatic rings. The fourth-order valence-electron chi connectivity index (χ4n) is 2.64. The summed E-state index contributed by atoms with van der Waals surface area (Å²) in [6, 6.07) is 6.08. The van der Waals surface area contributed by atoms with Gasteiger partial charge in [-0.1, -0.05) is 26.0 Å². The Kier molecular flexibility index (Phi) is 3.90. The van der Waals surface area contributed by atoms with Crippen LogP contribution in [-0.4, -0.2) is 30.0 Å². The van der Waals surface area contributed by atoms with Gasteiger partial charge in [-0.05, 0) is 31.4 Å². The predicted molar refractivity (Wildman–Crippen MR) is 72.1 cm³/mol. The lowest BCUT2D eigenvalue weighted by Gasteiger charge is -2.20. The highest BCUT2D eigenvalue weighted by atomic mass is 16.5. The van der Waals surface area contributed by atoms with Gasteiger partial charge in [0, 0.05) is 6.54 Å². The lowest BCUT2D eigenvalue weighted by atomic mass is 10.1. The summed E-state index contributed by atoms with van der Waals surface area (Å²) in [5, 5.41) is 0. The monoisotopic (exact) mass is 247 g/mol. The van der Waals surface area contributed by atoms with E-state index in [2.05, 4.69) is 0 Å². The third-order valence-electron chi connectivity index (χ3n) is 3.52. The number of nitrogens with zero attached hydrogens (tertiary/aromatic N) is 1. The molecule has 1 atom stereocenters. The van der Waals surface area contributed by atoms with E-state index in [1.807, 2.05) is 43.9 Å². The summed E-state index contributed by atoms with van der Waals surface area (Å²) in [5.74, 6) is 0.896. The summed E-state index contributed by atoms with van der Waals surface area (Å²) in [4.78, 5) is 14.4. The van der Waals surface area contributed by atoms with E-state index >= 15 is 0 Å². The van der Waals surface area contributed by atoms with Crippen LogP contribution < -0.4 is 4.74 Å². The number of benzene rings is 1. The molecule has 18 heavy (non-hydrogen) atoms. The number of carbonyl (C=O) groups excluding carboxylic acids is 1. The maximum Gasteiger partial charge on any atom is 0.258 e. The first-order valence-corrected chi connectivity index (χ1v) is 6.81. The Morgan fingerprint density at radius 3 is 2.89 bits per heavy atom. The predicted octanol–water partition coefficient (Wildman–Crippen LogP) is 3.02. The lowest BCUT2D eigenvalue weighted by Crippen LogP contribution is -2.36. The van der Waals surface area contributed by atoms with E-state index in [0.29, 0.717) is 6.61 Å². The Bertz CT molecular complexity index is 442. The van der Waals surface area contributed by atoms with Gasteiger partial charge in [-0.15, -0.1) is 0 Å². The highest BCUT2D eigenvalue weighted by Gasteiger charge is 2.34. The van der Waals surface area contributed by atoms with Gasteiger partial charge >= 0.3 is 0 Å². The Labute approximate surface area is 109 Å². The molecule has 3 nitrogen and oxygen atoms in total. The SMILES string of the molecule is CC.Cc1cccc2c1C(=O)N1CCCC1CO2. The van der Waals surface area contributed by atoms with Crippen molar-refractivity contribution in [1.29, 1.82) is 0 Å². The minimum absolute atomic E-state index is 0.146. The normalized spacial score (nSPS) is 21.2. The molecule has 0 saturated carbocycles. The molecule has 0 bridgehead atoms. The second-order valence-corrected chi connectivity index (χ2v) is 4.55. The molecule has 1 fully saturated rings. The van der Waals surface area contributed by atoms with Crippen LogP contribution in [0.4, 0.5) is 0 Å². The Balaban J connectivity index is 0.000000574. The maximum atomic E-state index is 12.4. The number of aryl methyl sites for hydroxylation is 1. The number of amides is 1. The fraction of sp³-hybridized carbons (Fsp3) is 0.533. The van der Waals surface area contributed by atoms with Crippen LogP contribution in [-0.2, 0) is 0 Å². The van der Waals surface area contributed by atoms with Gasteiger partial charge in [-0.25, -0.2) is 0 Å². The van der Waals surface area contributed by atoms with Crippen molar-refractivity contribution in [2.75, 3.05) is 13.2 Å². The maximum absolute atomic E-state index is 12.4. The summed E-state index contributed by atoms with van der Waals surface area (Å²) in [7, 11) is 0. The van der Waals surface area contributed by atoms with E-state index in [1.54, 1.807) is 0 Å². The highest BCUT2D eigenvalue weighted by molar-refractivity contribution is 5.99. The first-order valence-electron chi connectivity index (χ1n) is 6.81. The molecule has 1 saturated heterocycles. The van der Waals surface area contributed by atoms with Gasteiger partial charge in [0.25, 0.3) is 5.91 Å². The minimum atomic E-state index is 0.146. The highest BCUT2D eigenvalue weighted by Crippen LogP contribution is 2.31. The van der Waals surface area contributed by atoms with Crippen molar-refractivity contribution in [1.82, 2.24) is 4.90 Å². The topological polar surface area (TPSA) is 29.5 Å². The van der Waals surface area contributed by atoms with Crippen molar-refractivity contribution in [2.24, 2.45) is 0 Å². The zero-order valence-corrected chi connectivity index (χ0v) is 11.4. The molecule has 98 valence electrons. The summed E-state index contributed by atoms with van der Waals surface area (Å²) < 4.78 is 5.75. The van der Waals surface area contributed by atoms with Crippen LogP contribution in [0.1, 0.15) is 42.6 Å². The number of hydrogen-bond acceptors (Lipinski definition) is 2. The van der Waals surface area contributed by atoms with Crippen LogP contribution in [0.5, 0.6) is 5.75 Å². The van der Waals surface area contributed by atoms with Crippen LogP contribution >= 0.6 is 0 Å². The third kappa shape index (κ3) is 2.09. The van der Waals surface area contributed by atoms with Gasteiger partial charge in [0.05, 0.1) is 11.6 Å². The molecule has 1 aromatic carbocycles. The van der Waals surface area contributed by atoms with Crippen molar-refractivity contribution >= 4 is 5.91 Å². The first-order chi connectivity index (χ1) is 8.77. The van der Waals surface area contributed by atoms with E-state index in [9.17, 15) is 4.79 Å². The van der Waals surface area contributed by atoms with E-state index in [1.165, 1.54) is 0 Å². The van der Waals surface area contributed by atoms with Crippen molar-refractivity contribution in [2.45, 2.75) is 39.7 Å². The van der Waals surface area contributed by atoms with Gasteiger partial charge in [0.15, 0.2) is 0 Å². The molecule has 2 aliphatic heterocycles. The van der Waals surface area contributed by atoms with Crippen molar-refractivity contribution in [3.05, 3.63) is 29.3 Å². The summed E-state index contributed by atoms with van der Waals surface area (Å²) in [6.07, 6.45) is 2.17. The number of hydrogen-bond donors (Lipinski definition) is 0. The number of rotatable bonds is 0. The average molecular weight is 247 g/mol. The molecule has 1 aromatic rings. The van der Waals surface area contributed by atoms with E-state index in [4.69, 9.17) is 4.74 Å². The van der Waals surface area contributed by atoms with Gasteiger partial charge in [0.2, 0.25) is 0 Å². The van der Waals surface area contributed by atoms with Crippen LogP contribution in [0.2, 0.25) is 0 Å².